The van der Waals surface area contributed by atoms with Crippen molar-refractivity contribution in [1.82, 2.24) is 60.6 Å². The molecular weight excluding hydrogens is 1900 g/mol. The number of fused-ring (bicyclic) bond motifs is 17. The number of halogens is 6. The molecule has 6 aromatic rings. The van der Waals surface area contributed by atoms with Crippen molar-refractivity contribution in [3.8, 4) is 34.9 Å². The number of amides is 6. The molecule has 30 nitrogen and oxygen atoms in total. The van der Waals surface area contributed by atoms with Crippen molar-refractivity contribution in [2.24, 2.45) is 63.6 Å². The molecule has 0 spiro atoms. The van der Waals surface area contributed by atoms with Crippen molar-refractivity contribution in [2.75, 3.05) is 26.6 Å². The molecule has 39 heteroatoms. The number of benzene rings is 3. The maximum Gasteiger partial charge on any atom is 0.408 e. The van der Waals surface area contributed by atoms with Crippen molar-refractivity contribution in [2.45, 2.75) is 323 Å². The van der Waals surface area contributed by atoms with E-state index in [1.807, 2.05) is 96.3 Å². The van der Waals surface area contributed by atoms with Crippen molar-refractivity contribution in [1.29, 1.82) is 0 Å². The van der Waals surface area contributed by atoms with Crippen LogP contribution in [-0.4, -0.2) is 217 Å². The van der Waals surface area contributed by atoms with Crippen LogP contribution in [0.3, 0.4) is 0 Å². The molecule has 20 atom stereocenters. The summed E-state index contributed by atoms with van der Waals surface area (Å²) >= 11 is 0. The Morgan fingerprint density at radius 2 is 0.854 bits per heavy atom. The number of nitrogens with one attached hydrogen (secondary N) is 3. The number of rotatable bonds is 9. The number of carbonyl (C=O) groups is 6. The molecule has 6 aliphatic heterocycles. The first-order chi connectivity index (χ1) is 63.7. The number of nitrogens with zero attached hydrogens (tertiary/aromatic N) is 9. The molecule has 4 aliphatic carbocycles. The first-order valence-corrected chi connectivity index (χ1v) is 47.4. The van der Waals surface area contributed by atoms with Gasteiger partial charge in [-0.05, 0) is 203 Å². The molecule has 10 aliphatic rings. The van der Waals surface area contributed by atoms with Crippen LogP contribution < -0.4 is 39.6 Å². The molecule has 6 bridgehead atoms. The van der Waals surface area contributed by atoms with Gasteiger partial charge in [-0.3, -0.25) is 14.4 Å². The summed E-state index contributed by atoms with van der Waals surface area (Å²) in [6, 6.07) is 8.21. The summed E-state index contributed by atoms with van der Waals surface area (Å²) in [7, 11) is 0. The summed E-state index contributed by atoms with van der Waals surface area (Å²) in [5.74, 6) is 0.418. The van der Waals surface area contributed by atoms with Crippen molar-refractivity contribution >= 4 is 88.0 Å². The fourth-order valence-corrected chi connectivity index (χ4v) is 20.7. The zero-order chi connectivity index (χ0) is 96.6. The minimum atomic E-state index is -2.99. The number of phenols is 1. The van der Waals surface area contributed by atoms with E-state index in [2.05, 4.69) is 38.0 Å². The molecule has 2 unspecified atom stereocenters. The number of alkyl halides is 6. The number of hydrogen-bond donors (Lipinski definition) is 4. The summed E-state index contributed by atoms with van der Waals surface area (Å²) in [6.45, 7) is 16.9. The van der Waals surface area contributed by atoms with Crippen LogP contribution in [0.4, 0.5) is 40.7 Å². The predicted molar refractivity (Wildman–Crippen MR) is 487 cm³/mol. The van der Waals surface area contributed by atoms with E-state index >= 15 is 0 Å². The fourth-order valence-electron chi connectivity index (χ4n) is 20.7. The van der Waals surface area contributed by atoms with Crippen LogP contribution >= 0.6 is 0 Å². The zero-order valence-corrected chi connectivity index (χ0v) is 84.1. The van der Waals surface area contributed by atoms with Crippen LogP contribution in [-0.2, 0) is 118 Å². The topological polar surface area (TPSA) is 371 Å². The molecule has 3 radical (unpaired) electrons. The number of hydrogen-bond acceptors (Lipinski definition) is 24. The SMILES string of the molecule is CC[C@@H]1[C@@H]2CN(C(=O)[C@H](C(C)(C)C)NC(=O)O[C@@H]3CC4CC4[C@H]3CCCCCc3nc4ccc(OC(F)F)cc4nc3O2)[C@@H]1[C-]=O.CC[C@@H]1[C@@H]2CN(C(=O)[C@H](C(C)(C)C)NC(=O)O[C@]3(C)CCC[C@H]3CCCCCc3nc4ccc(OC(F)F)cc4nc3O2)[C@@H]1[C-]=O.C[C@@H]1[C@@H]2CN(C(=O)[C@H](C(C)(C)C)NC(=O)O[C@@H]3C[C@H]3CCCCCc3nc4ccc(O)cc4nc3O2)[C@@H]1[C-]=O.FCF.[HH].[HH].[HH].[V].[V].[V]. The van der Waals surface area contributed by atoms with E-state index in [9.17, 15) is 74.6 Å². The van der Waals surface area contributed by atoms with Gasteiger partial charge >= 0.3 is 31.5 Å². The number of aromatic nitrogens is 6. The van der Waals surface area contributed by atoms with Gasteiger partial charge < -0.3 is 88.0 Å². The summed E-state index contributed by atoms with van der Waals surface area (Å²) in [5.41, 5.74) is 2.18. The Balaban J connectivity index is 0.000000276. The van der Waals surface area contributed by atoms with Crippen LogP contribution in [0.5, 0.6) is 34.9 Å². The molecule has 9 heterocycles. The summed E-state index contributed by atoms with van der Waals surface area (Å²) in [6.07, 6.45) is 21.6. The maximum atomic E-state index is 14.2. The standard InChI is InChI=1S/C34H43F2N4O6.C34H45F2N4O6.C29H37N4O6.CH2F2.3V.3H2/c1-5-20-26(17-41)40-16-28(20)45-30-24(37-23-12-11-19(44-32(35)36)15-25(23)38-30)10-8-6-7-9-21-22-13-18(22)14-27(21)46-33(43)39-29(31(40)42)34(2,3)4;1-6-22-26(19-41)40-18-27(22)45-29-24(37-23-15-14-21(44-31(35)36)17-25(23)38-29)13-9-7-8-11-20-12-10-16-34(20,5)46-32(43)39-28(30(40)42)33(2,3)4;1-16-22(15-34)33-14-24(16)38-26-20(30-19-11-10-18(35)13-21(19)31-26)9-7-5-6-8-17-12-23(17)39-28(37)32-25(27(33)36)29(2,3)4;2-1-3;;;;;;/h11-12,15,18,20-22,26-29,32H,5-10,13-14,16H2,1-4H3,(H,39,43);14-15,17,20,22,26-28,31H,6-13,16,18H2,1-5H3,(H,39,43);10-11,13,16-17,22-25,35H,5-9,12,14H2,1-4H3,(H,32,37);1H2;;;;3*1H/q3*-1;;;;;;;/t18?,20-,21+,22?,26+,27+,28-,29+;20-,22+,26-,27+,28-,34-;16-,17+,22+,23+,24-,25+;;;;;;;/m010......./s1. The van der Waals surface area contributed by atoms with E-state index < -0.39 is 138 Å². The van der Waals surface area contributed by atoms with Gasteiger partial charge in [0, 0.05) is 78.1 Å². The Morgan fingerprint density at radius 1 is 0.467 bits per heavy atom. The van der Waals surface area contributed by atoms with Crippen molar-refractivity contribution in [3.63, 3.8) is 0 Å². The largest absolute Gasteiger partial charge is 0.540 e. The van der Waals surface area contributed by atoms with Crippen LogP contribution in [0, 0.1) is 63.6 Å². The van der Waals surface area contributed by atoms with Gasteiger partial charge in [0.1, 0.15) is 88.6 Å². The van der Waals surface area contributed by atoms with Crippen LogP contribution in [0.2, 0.25) is 0 Å². The molecule has 6 amide bonds. The Kier molecular flexibility index (Phi) is 38.2. The van der Waals surface area contributed by atoms with E-state index in [0.717, 1.165) is 109 Å². The Labute approximate surface area is 835 Å². The third-order valence-corrected chi connectivity index (χ3v) is 28.3. The van der Waals surface area contributed by atoms with E-state index in [0.29, 0.717) is 112 Å². The smallest absolute Gasteiger partial charge is 0.408 e. The van der Waals surface area contributed by atoms with Crippen LogP contribution in [0.15, 0.2) is 54.6 Å². The van der Waals surface area contributed by atoms with Crippen LogP contribution in [0.25, 0.3) is 33.1 Å². The molecule has 16 rings (SSSR count). The summed E-state index contributed by atoms with van der Waals surface area (Å²) < 4.78 is 117. The molecule has 3 saturated heterocycles. The maximum absolute atomic E-state index is 14.2. The van der Waals surface area contributed by atoms with E-state index in [1.165, 1.54) is 51.5 Å². The predicted octanol–water partition coefficient (Wildman–Crippen LogP) is 17.0. The van der Waals surface area contributed by atoms with Gasteiger partial charge in [0.05, 0.1) is 52.7 Å². The van der Waals surface area contributed by atoms with E-state index in [1.54, 1.807) is 24.3 Å². The van der Waals surface area contributed by atoms with Gasteiger partial charge in [-0.15, -0.1) is 0 Å². The first kappa shape index (κ1) is 110. The summed E-state index contributed by atoms with van der Waals surface area (Å²) in [4.78, 5) is 151. The number of ether oxygens (including phenoxy) is 8. The molecule has 137 heavy (non-hydrogen) atoms. The number of alkyl carbamates (subject to hydrolysis) is 3. The van der Waals surface area contributed by atoms with Crippen molar-refractivity contribution < 1.29 is 172 Å². The van der Waals surface area contributed by atoms with Gasteiger partial charge in [0.2, 0.25) is 42.3 Å². The molecule has 3 aromatic heterocycles. The number of aromatic hydroxyl groups is 1. The second-order valence-corrected chi connectivity index (χ2v) is 40.8. The van der Waals surface area contributed by atoms with Gasteiger partial charge in [0.15, 0.2) is 0 Å². The van der Waals surface area contributed by atoms with E-state index in [4.69, 9.17) is 58.3 Å². The third kappa shape index (κ3) is 26.8. The quantitative estimate of drug-likeness (QED) is 0.0593. The van der Waals surface area contributed by atoms with Crippen LogP contribution in [0.1, 0.15) is 240 Å². The van der Waals surface area contributed by atoms with Crippen molar-refractivity contribution in [3.05, 3.63) is 71.7 Å². The fraction of sp³-hybridized carbons (Fsp3) is 0.663. The molecule has 753 valence electrons. The second-order valence-electron chi connectivity index (χ2n) is 40.8. The molecule has 7 fully saturated rings. The Bertz CT molecular complexity index is 5120. The third-order valence-electron chi connectivity index (χ3n) is 28.3. The van der Waals surface area contributed by atoms with Gasteiger partial charge in [0.25, 0.3) is 0 Å². The average molecular weight is 2030 g/mol. The Hall–Kier alpha value is -8.96. The minimum absolute atomic E-state index is 0. The van der Waals surface area contributed by atoms with E-state index in [-0.39, 0.29) is 139 Å². The molecule has 4 N–H and O–H groups in total. The number of carbonyl (C=O) groups excluding carboxylic acids is 9. The summed E-state index contributed by atoms with van der Waals surface area (Å²) in [5, 5.41) is 18.5. The average Bonchev–Trinajstić information content (AvgIpc) is 1.59. The first-order valence-electron chi connectivity index (χ1n) is 47.4. The molecule has 3 aromatic carbocycles. The second kappa shape index (κ2) is 47.5. The van der Waals surface area contributed by atoms with Gasteiger partial charge in [-0.25, -0.2) is 71.9 Å². The van der Waals surface area contributed by atoms with Gasteiger partial charge in [-0.1, -0.05) is 153 Å². The number of aryl methyl sites for hydroxylation is 3. The monoisotopic (exact) mass is 2030 g/mol. The molecule has 4 saturated carbocycles. The number of phenolic OH excluding ortho intramolecular Hbond substituents is 1. The zero-order valence-electron chi connectivity index (χ0n) is 79.9. The Morgan fingerprint density at radius 3 is 1.29 bits per heavy atom. The van der Waals surface area contributed by atoms with Gasteiger partial charge in [-0.2, -0.15) is 17.6 Å². The minimum Gasteiger partial charge on any atom is -0.540 e. The normalized spacial score (nSPS) is 29.4. The molecular formula is C98H133F6N12O18V3-3.